The van der Waals surface area contributed by atoms with Crippen LogP contribution in [0, 0.1) is 0 Å². The van der Waals surface area contributed by atoms with Crippen LogP contribution in [0.3, 0.4) is 0 Å². The lowest BCUT2D eigenvalue weighted by molar-refractivity contribution is -0.123. The molecule has 0 unspecified atom stereocenters. The first-order valence-electron chi connectivity index (χ1n) is 9.12. The third-order valence-electron chi connectivity index (χ3n) is 4.44. The van der Waals surface area contributed by atoms with Crippen molar-refractivity contribution in [1.29, 1.82) is 0 Å². The van der Waals surface area contributed by atoms with Crippen LogP contribution >= 0.6 is 11.3 Å². The summed E-state index contributed by atoms with van der Waals surface area (Å²) in [5, 5.41) is 7.02. The van der Waals surface area contributed by atoms with Crippen LogP contribution in [-0.2, 0) is 9.53 Å². The highest BCUT2D eigenvalue weighted by Crippen LogP contribution is 2.25. The second-order valence-corrected chi connectivity index (χ2v) is 7.36. The molecule has 1 aromatic heterocycles. The molecule has 3 aromatic carbocycles. The van der Waals surface area contributed by atoms with E-state index in [1.807, 2.05) is 66.0 Å². The number of anilines is 1. The summed E-state index contributed by atoms with van der Waals surface area (Å²) in [4.78, 5) is 29.3. The number of nitrogens with one attached hydrogen (secondary N) is 1. The van der Waals surface area contributed by atoms with Gasteiger partial charge in [0.05, 0.1) is 11.3 Å². The largest absolute Gasteiger partial charge is 0.449 e. The molecule has 144 valence electrons. The molecule has 0 saturated heterocycles. The highest BCUT2D eigenvalue weighted by atomic mass is 32.1. The zero-order valence-corrected chi connectivity index (χ0v) is 16.5. The number of hydrogen-bond donors (Lipinski definition) is 1. The zero-order valence-electron chi connectivity index (χ0n) is 15.7. The van der Waals surface area contributed by atoms with E-state index in [0.717, 1.165) is 22.0 Å². The second-order valence-electron chi connectivity index (χ2n) is 6.50. The van der Waals surface area contributed by atoms with Crippen molar-refractivity contribution in [3.8, 4) is 11.3 Å². The van der Waals surface area contributed by atoms with Crippen molar-refractivity contribution in [3.63, 3.8) is 0 Å². The van der Waals surface area contributed by atoms with Crippen LogP contribution in [0.2, 0.25) is 0 Å². The van der Waals surface area contributed by atoms with Crippen LogP contribution < -0.4 is 5.32 Å². The number of aromatic nitrogens is 1. The van der Waals surface area contributed by atoms with Gasteiger partial charge in [0, 0.05) is 10.9 Å². The number of esters is 1. The van der Waals surface area contributed by atoms with Gasteiger partial charge >= 0.3 is 5.97 Å². The predicted octanol–water partition coefficient (Wildman–Crippen LogP) is 5.15. The molecular weight excluding hydrogens is 384 g/mol. The third-order valence-corrected chi connectivity index (χ3v) is 5.20. The van der Waals surface area contributed by atoms with Crippen LogP contribution in [0.15, 0.2) is 78.2 Å². The molecule has 0 fully saturated rings. The van der Waals surface area contributed by atoms with Gasteiger partial charge in [0.15, 0.2) is 11.2 Å². The van der Waals surface area contributed by atoms with Crippen LogP contribution in [0.1, 0.15) is 17.3 Å². The van der Waals surface area contributed by atoms with E-state index in [0.29, 0.717) is 10.7 Å². The van der Waals surface area contributed by atoms with Crippen LogP contribution in [0.5, 0.6) is 0 Å². The molecule has 5 nitrogen and oxygen atoms in total. The lowest BCUT2D eigenvalue weighted by atomic mass is 10.1. The van der Waals surface area contributed by atoms with E-state index in [4.69, 9.17) is 4.74 Å². The Hall–Kier alpha value is -3.51. The molecule has 0 aliphatic carbocycles. The van der Waals surface area contributed by atoms with Crippen molar-refractivity contribution in [3.05, 3.63) is 83.7 Å². The Bertz CT molecular complexity index is 1170. The number of ether oxygens (including phenoxy) is 1. The third kappa shape index (κ3) is 4.33. The van der Waals surface area contributed by atoms with E-state index >= 15 is 0 Å². The molecule has 29 heavy (non-hydrogen) atoms. The predicted molar refractivity (Wildman–Crippen MR) is 115 cm³/mol. The topological polar surface area (TPSA) is 68.3 Å². The smallest absolute Gasteiger partial charge is 0.338 e. The van der Waals surface area contributed by atoms with Crippen LogP contribution in [-0.4, -0.2) is 23.0 Å². The first kappa shape index (κ1) is 18.8. The van der Waals surface area contributed by atoms with Crippen molar-refractivity contribution in [1.82, 2.24) is 4.98 Å². The van der Waals surface area contributed by atoms with Crippen molar-refractivity contribution >= 4 is 39.1 Å². The van der Waals surface area contributed by atoms with Crippen molar-refractivity contribution in [2.75, 3.05) is 5.32 Å². The molecule has 1 heterocycles. The van der Waals surface area contributed by atoms with E-state index in [9.17, 15) is 9.59 Å². The van der Waals surface area contributed by atoms with Gasteiger partial charge in [0.1, 0.15) is 0 Å². The molecule has 1 amide bonds. The number of fused-ring (bicyclic) bond motifs is 1. The lowest BCUT2D eigenvalue weighted by Gasteiger charge is -2.12. The average Bonchev–Trinajstić information content (AvgIpc) is 3.22. The molecule has 0 bridgehead atoms. The number of rotatable bonds is 5. The summed E-state index contributed by atoms with van der Waals surface area (Å²) in [6, 6.07) is 22.8. The molecule has 0 aliphatic rings. The maximum atomic E-state index is 12.4. The first-order valence-corrected chi connectivity index (χ1v) is 10.00. The average molecular weight is 402 g/mol. The minimum absolute atomic E-state index is 0.406. The fraction of sp³-hybridized carbons (Fsp3) is 0.0870. The molecule has 6 heteroatoms. The van der Waals surface area contributed by atoms with Gasteiger partial charge in [-0.2, -0.15) is 0 Å². The highest BCUT2D eigenvalue weighted by Gasteiger charge is 2.20. The van der Waals surface area contributed by atoms with Gasteiger partial charge in [-0.15, -0.1) is 11.3 Å². The monoisotopic (exact) mass is 402 g/mol. The molecule has 1 atom stereocenters. The van der Waals surface area contributed by atoms with E-state index in [1.54, 1.807) is 19.1 Å². The molecule has 4 aromatic rings. The molecular formula is C23H18N2O3S. The fourth-order valence-corrected chi connectivity index (χ4v) is 3.60. The molecule has 0 radical (unpaired) electrons. The van der Waals surface area contributed by atoms with Gasteiger partial charge in [0.2, 0.25) is 0 Å². The number of benzene rings is 3. The van der Waals surface area contributed by atoms with Gasteiger partial charge in [0.25, 0.3) is 5.91 Å². The highest BCUT2D eigenvalue weighted by molar-refractivity contribution is 7.14. The summed E-state index contributed by atoms with van der Waals surface area (Å²) in [6.45, 7) is 1.54. The van der Waals surface area contributed by atoms with Gasteiger partial charge in [-0.05, 0) is 29.8 Å². The number of amides is 1. The van der Waals surface area contributed by atoms with E-state index in [2.05, 4.69) is 10.3 Å². The van der Waals surface area contributed by atoms with Crippen LogP contribution in [0.4, 0.5) is 5.13 Å². The minimum Gasteiger partial charge on any atom is -0.449 e. The van der Waals surface area contributed by atoms with Crippen molar-refractivity contribution < 1.29 is 14.3 Å². The van der Waals surface area contributed by atoms with Crippen LogP contribution in [0.25, 0.3) is 22.0 Å². The summed E-state index contributed by atoms with van der Waals surface area (Å²) < 4.78 is 5.34. The number of thiazole rings is 1. The lowest BCUT2D eigenvalue weighted by Crippen LogP contribution is -2.29. The maximum absolute atomic E-state index is 12.4. The SMILES string of the molecule is C[C@H](OC(=O)c1ccc2ccccc2c1)C(=O)Nc1nc(-c2ccccc2)cs1. The summed E-state index contributed by atoms with van der Waals surface area (Å²) >= 11 is 1.32. The molecule has 0 saturated carbocycles. The molecule has 4 rings (SSSR count). The molecule has 1 N–H and O–H groups in total. The molecule has 0 aliphatic heterocycles. The van der Waals surface area contributed by atoms with Crippen molar-refractivity contribution in [2.24, 2.45) is 0 Å². The quantitative estimate of drug-likeness (QED) is 0.469. The molecule has 0 spiro atoms. The second kappa shape index (κ2) is 8.24. The first-order chi connectivity index (χ1) is 14.1. The number of carbonyl (C=O) groups is 2. The maximum Gasteiger partial charge on any atom is 0.338 e. The Balaban J connectivity index is 1.40. The number of carbonyl (C=O) groups excluding carboxylic acids is 2. The Labute approximate surface area is 172 Å². The summed E-state index contributed by atoms with van der Waals surface area (Å²) in [6.07, 6.45) is -0.946. The van der Waals surface area contributed by atoms with Gasteiger partial charge < -0.3 is 4.74 Å². The normalized spacial score (nSPS) is 11.8. The van der Waals surface area contributed by atoms with Crippen molar-refractivity contribution in [2.45, 2.75) is 13.0 Å². The summed E-state index contributed by atoms with van der Waals surface area (Å²) in [5.74, 6) is -0.962. The number of nitrogens with zero attached hydrogens (tertiary/aromatic N) is 1. The number of hydrogen-bond acceptors (Lipinski definition) is 5. The van der Waals surface area contributed by atoms with Gasteiger partial charge in [-0.1, -0.05) is 60.7 Å². The summed E-state index contributed by atoms with van der Waals surface area (Å²) in [7, 11) is 0. The Morgan fingerprint density at radius 2 is 1.69 bits per heavy atom. The van der Waals surface area contributed by atoms with E-state index < -0.39 is 18.0 Å². The minimum atomic E-state index is -0.946. The Morgan fingerprint density at radius 1 is 0.966 bits per heavy atom. The summed E-state index contributed by atoms with van der Waals surface area (Å²) in [5.41, 5.74) is 2.16. The van der Waals surface area contributed by atoms with E-state index in [1.165, 1.54) is 11.3 Å². The van der Waals surface area contributed by atoms with E-state index in [-0.39, 0.29) is 0 Å². The standard InChI is InChI=1S/C23H18N2O3S/c1-15(28-22(27)19-12-11-16-7-5-6-10-18(16)13-19)21(26)25-23-24-20(14-29-23)17-8-3-2-4-9-17/h2-15H,1H3,(H,24,25,26)/t15-/m0/s1. The van der Waals surface area contributed by atoms with Gasteiger partial charge in [-0.3, -0.25) is 10.1 Å². The Kier molecular flexibility index (Phi) is 5.35. The zero-order chi connectivity index (χ0) is 20.2. The Morgan fingerprint density at radius 3 is 2.48 bits per heavy atom. The fourth-order valence-electron chi connectivity index (χ4n) is 2.88. The van der Waals surface area contributed by atoms with Gasteiger partial charge in [-0.25, -0.2) is 9.78 Å².